The third-order valence-electron chi connectivity index (χ3n) is 4.61. The van der Waals surface area contributed by atoms with Crippen LogP contribution in [0.15, 0.2) is 61.1 Å². The molecule has 152 valence electrons. The molecule has 0 aliphatic heterocycles. The number of rotatable bonds is 12. The summed E-state index contributed by atoms with van der Waals surface area (Å²) >= 11 is 0. The van der Waals surface area contributed by atoms with E-state index < -0.39 is 0 Å². The van der Waals surface area contributed by atoms with Crippen LogP contribution in [0.5, 0.6) is 5.88 Å². The van der Waals surface area contributed by atoms with Crippen molar-refractivity contribution < 1.29 is 4.74 Å². The van der Waals surface area contributed by atoms with Crippen molar-refractivity contribution in [3.8, 4) is 5.88 Å². The molecular weight excluding hydrogens is 362 g/mol. The highest BCUT2D eigenvalue weighted by Gasteiger charge is 2.06. The Hall–Kier alpha value is -2.83. The number of unbranched alkanes of at least 4 members (excludes halogenated alkanes) is 1. The van der Waals surface area contributed by atoms with Crippen molar-refractivity contribution in [2.45, 2.75) is 39.5 Å². The van der Waals surface area contributed by atoms with Crippen molar-refractivity contribution in [2.75, 3.05) is 13.1 Å². The summed E-state index contributed by atoms with van der Waals surface area (Å²) in [6, 6.07) is 14.2. The van der Waals surface area contributed by atoms with Crippen molar-refractivity contribution in [1.82, 2.24) is 25.6 Å². The molecule has 0 radical (unpaired) electrons. The molecule has 2 N–H and O–H groups in total. The van der Waals surface area contributed by atoms with Crippen LogP contribution >= 0.6 is 0 Å². The molecule has 0 unspecified atom stereocenters. The lowest BCUT2D eigenvalue weighted by atomic mass is 10.2. The Kier molecular flexibility index (Phi) is 8.56. The SMILES string of the molecule is Cc1cccnc1CNCCCCNCc1nccnc1OCc1ccccc1. The van der Waals surface area contributed by atoms with Gasteiger partial charge >= 0.3 is 0 Å². The van der Waals surface area contributed by atoms with Gasteiger partial charge in [-0.1, -0.05) is 36.4 Å². The van der Waals surface area contributed by atoms with Crippen molar-refractivity contribution in [1.29, 1.82) is 0 Å². The van der Waals surface area contributed by atoms with E-state index in [1.807, 2.05) is 42.6 Å². The molecule has 0 fully saturated rings. The van der Waals surface area contributed by atoms with Crippen molar-refractivity contribution >= 4 is 0 Å². The molecule has 6 heteroatoms. The lowest BCUT2D eigenvalue weighted by molar-refractivity contribution is 0.287. The minimum absolute atomic E-state index is 0.494. The van der Waals surface area contributed by atoms with Gasteiger partial charge in [0.15, 0.2) is 0 Å². The summed E-state index contributed by atoms with van der Waals surface area (Å²) in [4.78, 5) is 13.1. The molecule has 0 amide bonds. The van der Waals surface area contributed by atoms with Gasteiger partial charge in [0.2, 0.25) is 5.88 Å². The number of pyridine rings is 1. The van der Waals surface area contributed by atoms with E-state index in [9.17, 15) is 0 Å². The second-order valence-corrected chi connectivity index (χ2v) is 6.91. The number of ether oxygens (including phenoxy) is 1. The third-order valence-corrected chi connectivity index (χ3v) is 4.61. The molecule has 0 bridgehead atoms. The summed E-state index contributed by atoms with van der Waals surface area (Å²) < 4.78 is 5.86. The van der Waals surface area contributed by atoms with Crippen LogP contribution in [0, 0.1) is 6.92 Å². The van der Waals surface area contributed by atoms with Crippen LogP contribution in [0.3, 0.4) is 0 Å². The van der Waals surface area contributed by atoms with Crippen molar-refractivity contribution in [3.63, 3.8) is 0 Å². The van der Waals surface area contributed by atoms with E-state index in [1.54, 1.807) is 12.4 Å². The van der Waals surface area contributed by atoms with E-state index in [4.69, 9.17) is 4.74 Å². The van der Waals surface area contributed by atoms with E-state index in [0.29, 0.717) is 19.0 Å². The number of hydrogen-bond donors (Lipinski definition) is 2. The largest absolute Gasteiger partial charge is 0.471 e. The quantitative estimate of drug-likeness (QED) is 0.461. The number of aryl methyl sites for hydroxylation is 1. The van der Waals surface area contributed by atoms with Crippen LogP contribution in [-0.4, -0.2) is 28.0 Å². The minimum atomic E-state index is 0.494. The summed E-state index contributed by atoms with van der Waals surface area (Å²) in [5.74, 6) is 0.594. The number of aromatic nitrogens is 3. The van der Waals surface area contributed by atoms with Gasteiger partial charge in [-0.15, -0.1) is 0 Å². The average Bonchev–Trinajstić information content (AvgIpc) is 2.76. The van der Waals surface area contributed by atoms with Gasteiger partial charge in [-0.25, -0.2) is 4.98 Å². The molecule has 0 spiro atoms. The van der Waals surface area contributed by atoms with Crippen LogP contribution in [0.1, 0.15) is 35.4 Å². The molecule has 6 nitrogen and oxygen atoms in total. The van der Waals surface area contributed by atoms with Gasteiger partial charge in [-0.2, -0.15) is 0 Å². The van der Waals surface area contributed by atoms with Gasteiger partial charge in [0.1, 0.15) is 12.3 Å². The molecule has 0 saturated heterocycles. The number of nitrogens with one attached hydrogen (secondary N) is 2. The number of benzene rings is 1. The molecule has 1 aromatic carbocycles. The van der Waals surface area contributed by atoms with Gasteiger partial charge in [0.25, 0.3) is 0 Å². The predicted molar refractivity (Wildman–Crippen MR) is 114 cm³/mol. The molecule has 29 heavy (non-hydrogen) atoms. The Labute approximate surface area is 172 Å². The highest BCUT2D eigenvalue weighted by molar-refractivity contribution is 5.19. The molecule has 3 rings (SSSR count). The maximum Gasteiger partial charge on any atom is 0.237 e. The Bertz CT molecular complexity index is 857. The van der Waals surface area contributed by atoms with Crippen LogP contribution in [0.4, 0.5) is 0 Å². The van der Waals surface area contributed by atoms with Gasteiger partial charge in [-0.3, -0.25) is 9.97 Å². The molecule has 2 heterocycles. The first-order valence-corrected chi connectivity index (χ1v) is 10.1. The van der Waals surface area contributed by atoms with E-state index in [1.165, 1.54) is 5.56 Å². The van der Waals surface area contributed by atoms with E-state index in [0.717, 1.165) is 49.4 Å². The van der Waals surface area contributed by atoms with Gasteiger partial charge < -0.3 is 15.4 Å². The molecule has 2 aromatic heterocycles. The summed E-state index contributed by atoms with van der Waals surface area (Å²) in [6.45, 7) is 5.97. The smallest absolute Gasteiger partial charge is 0.237 e. The van der Waals surface area contributed by atoms with E-state index in [2.05, 4.69) is 38.6 Å². The third kappa shape index (κ3) is 7.25. The fraction of sp³-hybridized carbons (Fsp3) is 0.348. The number of nitrogens with zero attached hydrogens (tertiary/aromatic N) is 3. The Balaban J connectivity index is 1.31. The molecule has 3 aromatic rings. The zero-order valence-corrected chi connectivity index (χ0v) is 17.0. The van der Waals surface area contributed by atoms with Gasteiger partial charge in [0.05, 0.1) is 5.69 Å². The lowest BCUT2D eigenvalue weighted by Gasteiger charge is -2.10. The Morgan fingerprint density at radius 2 is 1.45 bits per heavy atom. The van der Waals surface area contributed by atoms with E-state index >= 15 is 0 Å². The van der Waals surface area contributed by atoms with Gasteiger partial charge in [-0.05, 0) is 50.0 Å². The maximum absolute atomic E-state index is 5.86. The average molecular weight is 392 g/mol. The highest BCUT2D eigenvalue weighted by Crippen LogP contribution is 2.13. The molecule has 0 saturated carbocycles. The van der Waals surface area contributed by atoms with Crippen molar-refractivity contribution in [3.05, 3.63) is 83.6 Å². The number of hydrogen-bond acceptors (Lipinski definition) is 6. The van der Waals surface area contributed by atoms with Crippen LogP contribution in [0.25, 0.3) is 0 Å². The fourth-order valence-corrected chi connectivity index (χ4v) is 2.94. The first-order chi connectivity index (χ1) is 14.3. The zero-order chi connectivity index (χ0) is 20.2. The van der Waals surface area contributed by atoms with Gasteiger partial charge in [0, 0.05) is 31.7 Å². The fourth-order valence-electron chi connectivity index (χ4n) is 2.94. The second-order valence-electron chi connectivity index (χ2n) is 6.91. The van der Waals surface area contributed by atoms with Crippen molar-refractivity contribution in [2.24, 2.45) is 0 Å². The maximum atomic E-state index is 5.86. The first kappa shape index (κ1) is 20.9. The van der Waals surface area contributed by atoms with Crippen LogP contribution in [-0.2, 0) is 19.7 Å². The van der Waals surface area contributed by atoms with Crippen LogP contribution in [0.2, 0.25) is 0 Å². The normalized spacial score (nSPS) is 10.8. The summed E-state index contributed by atoms with van der Waals surface area (Å²) in [5.41, 5.74) is 4.31. The monoisotopic (exact) mass is 391 g/mol. The predicted octanol–water partition coefficient (Wildman–Crippen LogP) is 3.42. The summed E-state index contributed by atoms with van der Waals surface area (Å²) in [7, 11) is 0. The zero-order valence-electron chi connectivity index (χ0n) is 17.0. The molecular formula is C23H29N5O. The first-order valence-electron chi connectivity index (χ1n) is 10.1. The molecule has 0 atom stereocenters. The standard InChI is InChI=1S/C23H29N5O/c1-19-8-7-13-26-21(19)16-24-11-5-6-12-25-17-22-23(28-15-14-27-22)29-18-20-9-3-2-4-10-20/h2-4,7-10,13-15,24-25H,5-6,11-12,16-18H2,1H3. The molecule has 0 aliphatic rings. The van der Waals surface area contributed by atoms with Crippen LogP contribution < -0.4 is 15.4 Å². The van der Waals surface area contributed by atoms with E-state index in [-0.39, 0.29) is 0 Å². The summed E-state index contributed by atoms with van der Waals surface area (Å²) in [5, 5.41) is 6.90. The lowest BCUT2D eigenvalue weighted by Crippen LogP contribution is -2.20. The second kappa shape index (κ2) is 11.9. The Morgan fingerprint density at radius 3 is 2.21 bits per heavy atom. The Morgan fingerprint density at radius 1 is 0.759 bits per heavy atom. The summed E-state index contributed by atoms with van der Waals surface area (Å²) in [6.07, 6.45) is 7.42. The molecule has 0 aliphatic carbocycles. The topological polar surface area (TPSA) is 72.0 Å². The highest BCUT2D eigenvalue weighted by atomic mass is 16.5. The minimum Gasteiger partial charge on any atom is -0.471 e.